The number of fused-ring (bicyclic) bond motifs is 1. The van der Waals surface area contributed by atoms with Gasteiger partial charge in [-0.1, -0.05) is 18.2 Å². The van der Waals surface area contributed by atoms with Crippen LogP contribution in [0.1, 0.15) is 55.1 Å². The lowest BCUT2D eigenvalue weighted by atomic mass is 9.79. The van der Waals surface area contributed by atoms with Crippen LogP contribution in [-0.2, 0) is 16.1 Å². The number of hydrogen-bond acceptors (Lipinski definition) is 4. The lowest BCUT2D eigenvalue weighted by Gasteiger charge is -2.32. The number of hydrogen-bond donors (Lipinski definition) is 0. The lowest BCUT2D eigenvalue weighted by molar-refractivity contribution is -0.183. The van der Waals surface area contributed by atoms with Gasteiger partial charge >= 0.3 is 0 Å². The van der Waals surface area contributed by atoms with Gasteiger partial charge < -0.3 is 0 Å². The molecule has 2 aliphatic rings. The van der Waals surface area contributed by atoms with Gasteiger partial charge in [0, 0.05) is 18.5 Å². The normalized spacial score (nSPS) is 24.1. The zero-order valence-electron chi connectivity index (χ0n) is 17.7. The van der Waals surface area contributed by atoms with E-state index in [1.54, 1.807) is 17.2 Å². The topological polar surface area (TPSA) is 59.7 Å². The van der Waals surface area contributed by atoms with Gasteiger partial charge in [0.1, 0.15) is 11.6 Å². The van der Waals surface area contributed by atoms with Gasteiger partial charge in [-0.15, -0.1) is 0 Å². The van der Waals surface area contributed by atoms with E-state index in [-0.39, 0.29) is 23.7 Å². The highest BCUT2D eigenvalue weighted by molar-refractivity contribution is 5.78. The van der Waals surface area contributed by atoms with Gasteiger partial charge in [0.2, 0.25) is 5.91 Å². The highest BCUT2D eigenvalue weighted by atomic mass is 19.1. The molecular formula is C24H27FN4O2. The average molecular weight is 423 g/mol. The second-order valence-corrected chi connectivity index (χ2v) is 8.77. The molecule has 5 rings (SSSR count). The van der Waals surface area contributed by atoms with Crippen LogP contribution >= 0.6 is 0 Å². The fraction of sp³-hybridized carbons (Fsp3) is 0.458. The van der Waals surface area contributed by atoms with E-state index in [9.17, 15) is 9.18 Å². The number of pyridine rings is 1. The predicted octanol–water partition coefficient (Wildman–Crippen LogP) is 4.43. The van der Waals surface area contributed by atoms with Crippen molar-refractivity contribution in [2.75, 3.05) is 6.61 Å². The van der Waals surface area contributed by atoms with Gasteiger partial charge in [-0.2, -0.15) is 5.10 Å². The van der Waals surface area contributed by atoms with Crippen molar-refractivity contribution in [3.8, 4) is 0 Å². The second kappa shape index (κ2) is 8.38. The molecule has 0 spiro atoms. The first kappa shape index (κ1) is 20.1. The van der Waals surface area contributed by atoms with E-state index < -0.39 is 0 Å². The number of halogens is 1. The Kier molecular flexibility index (Phi) is 5.44. The van der Waals surface area contributed by atoms with Gasteiger partial charge in [-0.25, -0.2) is 19.0 Å². The largest absolute Gasteiger partial charge is 0.272 e. The zero-order chi connectivity index (χ0) is 21.4. The molecule has 6 nitrogen and oxygen atoms in total. The van der Waals surface area contributed by atoms with Gasteiger partial charge in [-0.05, 0) is 74.3 Å². The summed E-state index contributed by atoms with van der Waals surface area (Å²) in [5.41, 5.74) is 3.06. The predicted molar refractivity (Wildman–Crippen MR) is 113 cm³/mol. The van der Waals surface area contributed by atoms with Crippen LogP contribution in [0.4, 0.5) is 4.39 Å². The molecule has 7 heteroatoms. The van der Waals surface area contributed by atoms with Crippen LogP contribution in [-0.4, -0.2) is 32.2 Å². The zero-order valence-corrected chi connectivity index (χ0v) is 17.7. The SMILES string of the molecule is Cc1nc2ccc(CC3CCC(C(=O)N4OCC[C@H]4c4ccc(F)cc4)CC3)cn2n1. The Bertz CT molecular complexity index is 1070. The van der Waals surface area contributed by atoms with Crippen LogP contribution in [0, 0.1) is 24.6 Å². The van der Waals surface area contributed by atoms with Gasteiger partial charge in [-0.3, -0.25) is 9.63 Å². The number of hydroxylamine groups is 2. The van der Waals surface area contributed by atoms with Crippen LogP contribution in [0.15, 0.2) is 42.6 Å². The lowest BCUT2D eigenvalue weighted by Crippen LogP contribution is -2.36. The standard InChI is InChI=1S/C24H27FN4O2/c1-16-26-23-11-4-18(15-28(23)27-16)14-17-2-5-20(6-3-17)24(30)29-22(12-13-31-29)19-7-9-21(25)10-8-19/h4,7-11,15,17,20,22H,2-3,5-6,12-14H2,1H3/t17?,20?,22-/m0/s1. The summed E-state index contributed by atoms with van der Waals surface area (Å²) in [6.07, 6.45) is 7.62. The molecule has 3 heterocycles. The van der Waals surface area contributed by atoms with E-state index in [1.807, 2.05) is 17.5 Å². The van der Waals surface area contributed by atoms with E-state index >= 15 is 0 Å². The Balaban J connectivity index is 1.19. The van der Waals surface area contributed by atoms with Crippen LogP contribution in [0.3, 0.4) is 0 Å². The summed E-state index contributed by atoms with van der Waals surface area (Å²) in [5.74, 6) is 1.15. The van der Waals surface area contributed by atoms with E-state index in [2.05, 4.69) is 22.3 Å². The van der Waals surface area contributed by atoms with E-state index in [0.717, 1.165) is 55.6 Å². The van der Waals surface area contributed by atoms with E-state index in [4.69, 9.17) is 4.84 Å². The van der Waals surface area contributed by atoms with Crippen LogP contribution < -0.4 is 0 Å². The van der Waals surface area contributed by atoms with Gasteiger partial charge in [0.25, 0.3) is 0 Å². The van der Waals surface area contributed by atoms with Crippen LogP contribution in [0.2, 0.25) is 0 Å². The van der Waals surface area contributed by atoms with E-state index in [1.165, 1.54) is 17.7 Å². The van der Waals surface area contributed by atoms with Gasteiger partial charge in [0.05, 0.1) is 12.6 Å². The average Bonchev–Trinajstić information content (AvgIpc) is 3.40. The number of amides is 1. The number of nitrogens with zero attached hydrogens (tertiary/aromatic N) is 4. The first-order valence-corrected chi connectivity index (χ1v) is 11.1. The molecule has 31 heavy (non-hydrogen) atoms. The first-order chi connectivity index (χ1) is 15.1. The van der Waals surface area contributed by atoms with Crippen molar-refractivity contribution in [3.63, 3.8) is 0 Å². The smallest absolute Gasteiger partial charge is 0.249 e. The molecule has 0 N–H and O–H groups in total. The molecule has 2 aromatic heterocycles. The molecule has 1 atom stereocenters. The second-order valence-electron chi connectivity index (χ2n) is 8.77. The minimum Gasteiger partial charge on any atom is -0.272 e. The first-order valence-electron chi connectivity index (χ1n) is 11.1. The highest BCUT2D eigenvalue weighted by Crippen LogP contribution is 2.37. The van der Waals surface area contributed by atoms with Crippen molar-refractivity contribution in [3.05, 3.63) is 65.4 Å². The minimum atomic E-state index is -0.267. The number of rotatable bonds is 4. The third kappa shape index (κ3) is 4.19. The summed E-state index contributed by atoms with van der Waals surface area (Å²) in [7, 11) is 0. The molecule has 162 valence electrons. The number of benzene rings is 1. The van der Waals surface area contributed by atoms with Crippen molar-refractivity contribution in [1.29, 1.82) is 0 Å². The number of carbonyl (C=O) groups is 1. The molecule has 1 saturated heterocycles. The Morgan fingerprint density at radius 3 is 2.65 bits per heavy atom. The summed E-state index contributed by atoms with van der Waals surface area (Å²) in [4.78, 5) is 23.3. The summed E-state index contributed by atoms with van der Waals surface area (Å²) < 4.78 is 15.1. The summed E-state index contributed by atoms with van der Waals surface area (Å²) in [5, 5.41) is 5.96. The van der Waals surface area contributed by atoms with Crippen molar-refractivity contribution in [2.24, 2.45) is 11.8 Å². The maximum absolute atomic E-state index is 13.3. The number of carbonyl (C=O) groups excluding carboxylic acids is 1. The fourth-order valence-electron chi connectivity index (χ4n) is 4.96. The van der Waals surface area contributed by atoms with Gasteiger partial charge in [0.15, 0.2) is 5.65 Å². The maximum atomic E-state index is 13.3. The van der Waals surface area contributed by atoms with E-state index in [0.29, 0.717) is 12.5 Å². The van der Waals surface area contributed by atoms with Crippen LogP contribution in [0.5, 0.6) is 0 Å². The molecule has 0 bridgehead atoms. The molecule has 0 radical (unpaired) electrons. The quantitative estimate of drug-likeness (QED) is 0.624. The molecule has 1 aliphatic carbocycles. The number of aromatic nitrogens is 3. The molecule has 1 saturated carbocycles. The Hall–Kier alpha value is -2.80. The monoisotopic (exact) mass is 422 g/mol. The number of aryl methyl sites for hydroxylation is 1. The third-order valence-corrected chi connectivity index (χ3v) is 6.60. The molecule has 1 amide bonds. The van der Waals surface area contributed by atoms with Crippen molar-refractivity contribution in [2.45, 2.75) is 51.5 Å². The molecule has 1 aliphatic heterocycles. The van der Waals surface area contributed by atoms with Crippen LogP contribution in [0.25, 0.3) is 5.65 Å². The Labute approximate surface area is 181 Å². The fourth-order valence-corrected chi connectivity index (χ4v) is 4.96. The Morgan fingerprint density at radius 2 is 1.87 bits per heavy atom. The third-order valence-electron chi connectivity index (χ3n) is 6.60. The summed E-state index contributed by atoms with van der Waals surface area (Å²) in [6.45, 7) is 2.42. The molecule has 2 fully saturated rings. The summed E-state index contributed by atoms with van der Waals surface area (Å²) >= 11 is 0. The molecule has 0 unspecified atom stereocenters. The Morgan fingerprint density at radius 1 is 1.10 bits per heavy atom. The van der Waals surface area contributed by atoms with Crippen molar-refractivity contribution >= 4 is 11.6 Å². The van der Waals surface area contributed by atoms with Crippen molar-refractivity contribution < 1.29 is 14.0 Å². The highest BCUT2D eigenvalue weighted by Gasteiger charge is 2.37. The molecule has 1 aromatic carbocycles. The summed E-state index contributed by atoms with van der Waals surface area (Å²) in [6, 6.07) is 10.4. The molecule has 3 aromatic rings. The minimum absolute atomic E-state index is 0.00209. The van der Waals surface area contributed by atoms with Crippen molar-refractivity contribution in [1.82, 2.24) is 19.7 Å². The maximum Gasteiger partial charge on any atom is 0.249 e. The molecular weight excluding hydrogens is 395 g/mol.